The van der Waals surface area contributed by atoms with E-state index in [2.05, 4.69) is 0 Å². The maximum Gasteiger partial charge on any atom is 0.243 e. The third-order valence-electron chi connectivity index (χ3n) is 6.16. The maximum absolute atomic E-state index is 12.8. The summed E-state index contributed by atoms with van der Waals surface area (Å²) >= 11 is 5.93. The number of hydrogen-bond acceptors (Lipinski definition) is 5. The number of carbonyl (C=O) groups excluding carboxylic acids is 2. The smallest absolute Gasteiger partial charge is 0.243 e. The highest BCUT2D eigenvalue weighted by molar-refractivity contribution is 7.89. The third kappa shape index (κ3) is 3.47. The van der Waals surface area contributed by atoms with E-state index in [4.69, 9.17) is 11.6 Å². The minimum atomic E-state index is -3.60. The minimum absolute atomic E-state index is 0.0380. The lowest BCUT2D eigenvalue weighted by molar-refractivity contribution is -0.144. The van der Waals surface area contributed by atoms with Crippen LogP contribution in [0.3, 0.4) is 0 Å². The van der Waals surface area contributed by atoms with Gasteiger partial charge in [-0.25, -0.2) is 8.42 Å². The second kappa shape index (κ2) is 7.40. The number of imide groups is 1. The molecule has 0 N–H and O–H groups in total. The number of nitrogens with zero attached hydrogens (tertiary/aromatic N) is 3. The lowest BCUT2D eigenvalue weighted by atomic mass is 9.85. The second-order valence-corrected chi connectivity index (χ2v) is 10.3. The first kappa shape index (κ1) is 19.8. The summed E-state index contributed by atoms with van der Waals surface area (Å²) in [5.74, 6) is -0.134. The molecule has 3 fully saturated rings. The molecule has 0 unspecified atom stereocenters. The van der Waals surface area contributed by atoms with Gasteiger partial charge in [-0.2, -0.15) is 4.31 Å². The zero-order valence-electron chi connectivity index (χ0n) is 15.6. The van der Waals surface area contributed by atoms with Crippen LogP contribution in [-0.4, -0.2) is 67.2 Å². The Hall–Kier alpha value is -1.48. The van der Waals surface area contributed by atoms with E-state index in [1.165, 1.54) is 21.3 Å². The molecule has 152 valence electrons. The molecule has 4 rings (SSSR count). The number of rotatable bonds is 4. The predicted octanol–water partition coefficient (Wildman–Crippen LogP) is 1.92. The summed E-state index contributed by atoms with van der Waals surface area (Å²) in [6, 6.07) is 6.25. The van der Waals surface area contributed by atoms with Crippen molar-refractivity contribution < 1.29 is 18.0 Å². The van der Waals surface area contributed by atoms with Crippen molar-refractivity contribution in [1.29, 1.82) is 0 Å². The number of hydrogen-bond donors (Lipinski definition) is 0. The second-order valence-electron chi connectivity index (χ2n) is 7.91. The van der Waals surface area contributed by atoms with Crippen molar-refractivity contribution in [2.24, 2.45) is 5.41 Å². The molecular formula is C19H24ClN3O4S. The Labute approximate surface area is 170 Å². The molecule has 1 aromatic rings. The van der Waals surface area contributed by atoms with E-state index < -0.39 is 15.4 Å². The predicted molar refractivity (Wildman–Crippen MR) is 104 cm³/mol. The number of amides is 2. The van der Waals surface area contributed by atoms with E-state index in [1.807, 2.05) is 4.90 Å². The Morgan fingerprint density at radius 3 is 2.36 bits per heavy atom. The summed E-state index contributed by atoms with van der Waals surface area (Å²) in [6.07, 6.45) is 3.95. The van der Waals surface area contributed by atoms with E-state index >= 15 is 0 Å². The summed E-state index contributed by atoms with van der Waals surface area (Å²) in [4.78, 5) is 28.8. The van der Waals surface area contributed by atoms with Gasteiger partial charge in [0.1, 0.15) is 0 Å². The van der Waals surface area contributed by atoms with Crippen molar-refractivity contribution in [2.75, 3.05) is 32.8 Å². The maximum atomic E-state index is 12.8. The molecule has 9 heteroatoms. The molecule has 28 heavy (non-hydrogen) atoms. The van der Waals surface area contributed by atoms with Gasteiger partial charge in [-0.1, -0.05) is 30.5 Å². The number of likely N-dealkylation sites (tertiary alicyclic amines) is 1. The van der Waals surface area contributed by atoms with Crippen LogP contribution in [0.5, 0.6) is 0 Å². The summed E-state index contributed by atoms with van der Waals surface area (Å²) in [5.41, 5.74) is -0.463. The van der Waals surface area contributed by atoms with E-state index in [0.717, 1.165) is 25.7 Å². The molecule has 0 radical (unpaired) electrons. The average Bonchev–Trinajstić information content (AvgIpc) is 3.23. The van der Waals surface area contributed by atoms with Gasteiger partial charge in [0, 0.05) is 37.6 Å². The van der Waals surface area contributed by atoms with Crippen LogP contribution in [0.1, 0.15) is 32.1 Å². The lowest BCUT2D eigenvalue weighted by Crippen LogP contribution is -2.52. The Balaban J connectivity index is 1.38. The van der Waals surface area contributed by atoms with E-state index in [-0.39, 0.29) is 23.4 Å². The quantitative estimate of drug-likeness (QED) is 0.689. The van der Waals surface area contributed by atoms with Gasteiger partial charge < -0.3 is 0 Å². The molecule has 2 saturated heterocycles. The van der Waals surface area contributed by atoms with Crippen LogP contribution in [0.4, 0.5) is 0 Å². The normalized spacial score (nSPS) is 23.8. The molecule has 0 aromatic heterocycles. The zero-order valence-corrected chi connectivity index (χ0v) is 17.2. The fourth-order valence-corrected chi connectivity index (χ4v) is 6.26. The summed E-state index contributed by atoms with van der Waals surface area (Å²) in [6.45, 7) is 1.84. The van der Waals surface area contributed by atoms with Gasteiger partial charge in [0.25, 0.3) is 0 Å². The molecule has 1 spiro atoms. The first-order valence-corrected chi connectivity index (χ1v) is 11.5. The average molecular weight is 426 g/mol. The summed E-state index contributed by atoms with van der Waals surface area (Å²) in [5, 5.41) is 0.381. The highest BCUT2D eigenvalue weighted by Gasteiger charge is 2.52. The largest absolute Gasteiger partial charge is 0.283 e. The number of halogens is 1. The van der Waals surface area contributed by atoms with Crippen molar-refractivity contribution in [3.63, 3.8) is 0 Å². The van der Waals surface area contributed by atoms with Gasteiger partial charge in [-0.3, -0.25) is 19.4 Å². The van der Waals surface area contributed by atoms with Crippen LogP contribution in [0, 0.1) is 5.41 Å². The van der Waals surface area contributed by atoms with Crippen LogP contribution in [-0.2, 0) is 19.6 Å². The van der Waals surface area contributed by atoms with E-state index in [1.54, 1.807) is 12.1 Å². The van der Waals surface area contributed by atoms with Crippen molar-refractivity contribution in [1.82, 2.24) is 14.1 Å². The lowest BCUT2D eigenvalue weighted by Gasteiger charge is -2.35. The van der Waals surface area contributed by atoms with Gasteiger partial charge in [0.15, 0.2) is 0 Å². The van der Waals surface area contributed by atoms with Crippen LogP contribution in [0.2, 0.25) is 5.02 Å². The first-order valence-electron chi connectivity index (χ1n) is 9.65. The molecule has 7 nitrogen and oxygen atoms in total. The number of carbonyl (C=O) groups is 2. The highest BCUT2D eigenvalue weighted by Crippen LogP contribution is 2.46. The number of piperazine rings is 1. The van der Waals surface area contributed by atoms with E-state index in [9.17, 15) is 18.0 Å². The van der Waals surface area contributed by atoms with Gasteiger partial charge in [-0.05, 0) is 31.0 Å². The zero-order chi connectivity index (χ0) is 19.9. The third-order valence-corrected chi connectivity index (χ3v) is 8.29. The molecule has 3 aliphatic rings. The summed E-state index contributed by atoms with van der Waals surface area (Å²) in [7, 11) is -3.60. The van der Waals surface area contributed by atoms with E-state index in [0.29, 0.717) is 37.6 Å². The minimum Gasteiger partial charge on any atom is -0.283 e. The Morgan fingerprint density at radius 1 is 1.04 bits per heavy atom. The molecule has 2 aliphatic heterocycles. The molecule has 0 atom stereocenters. The standard InChI is InChI=1S/C19H24ClN3O4S/c20-15-4-3-5-16(12-15)28(26,27)22-10-8-21(9-11-22)14-23-17(24)13-19(18(23)25)6-1-2-7-19/h3-5,12H,1-2,6-11,13-14H2. The molecule has 0 bridgehead atoms. The molecule has 1 saturated carbocycles. The van der Waals surface area contributed by atoms with Crippen molar-refractivity contribution in [3.8, 4) is 0 Å². The Kier molecular flexibility index (Phi) is 5.24. The molecule has 2 amide bonds. The highest BCUT2D eigenvalue weighted by atomic mass is 35.5. The van der Waals surface area contributed by atoms with Gasteiger partial charge in [0.05, 0.1) is 17.0 Å². The van der Waals surface area contributed by atoms with Gasteiger partial charge in [-0.15, -0.1) is 0 Å². The molecule has 1 aliphatic carbocycles. The number of sulfonamides is 1. The SMILES string of the molecule is O=C1CC2(CCCC2)C(=O)N1CN1CCN(S(=O)(=O)c2cccc(Cl)c2)CC1. The van der Waals surface area contributed by atoms with Crippen LogP contribution in [0.25, 0.3) is 0 Å². The monoisotopic (exact) mass is 425 g/mol. The topological polar surface area (TPSA) is 78.0 Å². The van der Waals surface area contributed by atoms with Crippen LogP contribution in [0.15, 0.2) is 29.2 Å². The fraction of sp³-hybridized carbons (Fsp3) is 0.579. The summed E-state index contributed by atoms with van der Waals surface area (Å²) < 4.78 is 27.0. The van der Waals surface area contributed by atoms with Gasteiger partial charge >= 0.3 is 0 Å². The van der Waals surface area contributed by atoms with Crippen LogP contribution >= 0.6 is 11.6 Å². The first-order chi connectivity index (χ1) is 13.3. The molecule has 2 heterocycles. The molecular weight excluding hydrogens is 402 g/mol. The van der Waals surface area contributed by atoms with Crippen LogP contribution < -0.4 is 0 Å². The number of benzene rings is 1. The van der Waals surface area contributed by atoms with Gasteiger partial charge in [0.2, 0.25) is 21.8 Å². The van der Waals surface area contributed by atoms with Crippen molar-refractivity contribution in [3.05, 3.63) is 29.3 Å². The Bertz CT molecular complexity index is 890. The molecule has 1 aromatic carbocycles. The Morgan fingerprint density at radius 2 is 1.71 bits per heavy atom. The van der Waals surface area contributed by atoms with Crippen molar-refractivity contribution >= 4 is 33.4 Å². The fourth-order valence-electron chi connectivity index (χ4n) is 4.53. The van der Waals surface area contributed by atoms with Crippen molar-refractivity contribution in [2.45, 2.75) is 37.0 Å².